The van der Waals surface area contributed by atoms with Crippen LogP contribution in [0.4, 0.5) is 0 Å². The van der Waals surface area contributed by atoms with Crippen molar-refractivity contribution in [2.24, 2.45) is 0 Å². The number of esters is 2. The summed E-state index contributed by atoms with van der Waals surface area (Å²) in [6.07, 6.45) is 35.9. The maximum atomic E-state index is 12.5. The minimum atomic E-state index is -4.39. The third-order valence-corrected chi connectivity index (χ3v) is 8.33. The summed E-state index contributed by atoms with van der Waals surface area (Å²) in [6.45, 7) is 4.14. The highest BCUT2D eigenvalue weighted by atomic mass is 31.2. The molecule has 0 bridgehead atoms. The number of phosphoric acid groups is 1. The Kier molecular flexibility index (Phi) is 30.2. The number of hydrogen-bond acceptors (Lipinski definition) is 7. The van der Waals surface area contributed by atoms with Crippen LogP contribution in [0.5, 0.6) is 0 Å². The van der Waals surface area contributed by atoms with E-state index in [4.69, 9.17) is 18.5 Å². The second kappa shape index (κ2) is 31.7. The van der Waals surface area contributed by atoms with Gasteiger partial charge in [-0.3, -0.25) is 18.6 Å². The lowest BCUT2D eigenvalue weighted by Gasteiger charge is -2.24. The number of hydrogen-bond donors (Lipinski definition) is 1. The van der Waals surface area contributed by atoms with Crippen molar-refractivity contribution in [3.8, 4) is 0 Å². The number of carbonyl (C=O) groups excluding carboxylic acids is 2. The summed E-state index contributed by atoms with van der Waals surface area (Å²) in [5, 5.41) is 0. The van der Waals surface area contributed by atoms with Crippen LogP contribution in [0.2, 0.25) is 0 Å². The molecular formula is C39H69NO8P+. The Morgan fingerprint density at radius 2 is 1.14 bits per heavy atom. The monoisotopic (exact) mass is 710 g/mol. The van der Waals surface area contributed by atoms with Gasteiger partial charge in [-0.1, -0.05) is 132 Å². The first-order valence-corrected chi connectivity index (χ1v) is 20.0. The van der Waals surface area contributed by atoms with E-state index in [0.29, 0.717) is 17.4 Å². The molecule has 0 saturated carbocycles. The molecule has 2 atom stereocenters. The van der Waals surface area contributed by atoms with Crippen LogP contribution in [0.3, 0.4) is 0 Å². The lowest BCUT2D eigenvalue weighted by molar-refractivity contribution is -0.870. The first-order chi connectivity index (χ1) is 23.5. The van der Waals surface area contributed by atoms with Gasteiger partial charge in [0, 0.05) is 6.42 Å². The lowest BCUT2D eigenvalue weighted by atomic mass is 10.1. The van der Waals surface area contributed by atoms with E-state index in [-0.39, 0.29) is 26.1 Å². The molecule has 0 heterocycles. The molecule has 0 aliphatic heterocycles. The fourth-order valence-corrected chi connectivity index (χ4v) is 5.18. The van der Waals surface area contributed by atoms with Gasteiger partial charge in [0.05, 0.1) is 34.2 Å². The van der Waals surface area contributed by atoms with Crippen molar-refractivity contribution in [2.75, 3.05) is 47.5 Å². The van der Waals surface area contributed by atoms with Gasteiger partial charge in [0.1, 0.15) is 19.8 Å². The van der Waals surface area contributed by atoms with Gasteiger partial charge < -0.3 is 18.9 Å². The summed E-state index contributed by atoms with van der Waals surface area (Å²) in [4.78, 5) is 35.0. The van der Waals surface area contributed by atoms with Crippen LogP contribution >= 0.6 is 7.82 Å². The van der Waals surface area contributed by atoms with Gasteiger partial charge in [0.2, 0.25) is 0 Å². The average molecular weight is 711 g/mol. The highest BCUT2D eigenvalue weighted by Gasteiger charge is 2.26. The molecule has 2 unspecified atom stereocenters. The van der Waals surface area contributed by atoms with Crippen LogP contribution in [0, 0.1) is 0 Å². The van der Waals surface area contributed by atoms with Crippen molar-refractivity contribution >= 4 is 19.8 Å². The molecule has 0 aromatic heterocycles. The molecule has 0 aromatic rings. The fourth-order valence-electron chi connectivity index (χ4n) is 4.44. The number of quaternary nitrogens is 1. The summed E-state index contributed by atoms with van der Waals surface area (Å²) in [5.41, 5.74) is 0. The predicted molar refractivity (Wildman–Crippen MR) is 201 cm³/mol. The first-order valence-electron chi connectivity index (χ1n) is 18.5. The van der Waals surface area contributed by atoms with Crippen molar-refractivity contribution in [3.63, 3.8) is 0 Å². The van der Waals surface area contributed by atoms with Gasteiger partial charge >= 0.3 is 19.8 Å². The molecule has 0 saturated heterocycles. The zero-order valence-corrected chi connectivity index (χ0v) is 32.3. The summed E-state index contributed by atoms with van der Waals surface area (Å²) >= 11 is 0. The van der Waals surface area contributed by atoms with Crippen molar-refractivity contribution in [1.29, 1.82) is 0 Å². The zero-order valence-electron chi connectivity index (χ0n) is 31.4. The van der Waals surface area contributed by atoms with E-state index >= 15 is 0 Å². The number of carbonyl (C=O) groups is 2. The number of likely N-dealkylation sites (N-methyl/N-ethyl adjacent to an activating group) is 1. The summed E-state index contributed by atoms with van der Waals surface area (Å²) in [5.74, 6) is -0.954. The van der Waals surface area contributed by atoms with Crippen LogP contribution < -0.4 is 0 Å². The summed E-state index contributed by atoms with van der Waals surface area (Å²) in [6, 6.07) is 0. The lowest BCUT2D eigenvalue weighted by Crippen LogP contribution is -2.37. The van der Waals surface area contributed by atoms with Crippen molar-refractivity contribution in [2.45, 2.75) is 129 Å². The number of unbranched alkanes of at least 4 members (excludes halogenated alkanes) is 9. The minimum Gasteiger partial charge on any atom is -0.462 e. The topological polar surface area (TPSA) is 108 Å². The molecule has 49 heavy (non-hydrogen) atoms. The smallest absolute Gasteiger partial charge is 0.462 e. The minimum absolute atomic E-state index is 0.00730. The van der Waals surface area contributed by atoms with Gasteiger partial charge in [-0.25, -0.2) is 4.57 Å². The van der Waals surface area contributed by atoms with Crippen molar-refractivity contribution < 1.29 is 42.1 Å². The van der Waals surface area contributed by atoms with Crippen LogP contribution in [0.1, 0.15) is 123 Å². The Balaban J connectivity index is 4.63. The van der Waals surface area contributed by atoms with Crippen LogP contribution in [-0.2, 0) is 32.7 Å². The van der Waals surface area contributed by atoms with Crippen LogP contribution in [-0.4, -0.2) is 74.9 Å². The van der Waals surface area contributed by atoms with E-state index in [1.165, 1.54) is 44.9 Å². The number of rotatable bonds is 32. The molecule has 0 spiro atoms. The van der Waals surface area contributed by atoms with E-state index in [1.807, 2.05) is 33.3 Å². The van der Waals surface area contributed by atoms with E-state index < -0.39 is 32.5 Å². The maximum absolute atomic E-state index is 12.5. The van der Waals surface area contributed by atoms with Crippen molar-refractivity contribution in [3.05, 3.63) is 60.8 Å². The second-order valence-electron chi connectivity index (χ2n) is 13.3. The van der Waals surface area contributed by atoms with E-state index in [0.717, 1.165) is 44.9 Å². The molecule has 0 fully saturated rings. The quantitative estimate of drug-likeness (QED) is 0.0242. The standard InChI is InChI=1S/C39H68NO8P/c1-6-8-10-12-14-16-18-19-20-21-22-24-26-28-30-32-39(42)48-37(36-47-49(43,44)46-34-33-40(3,4)5)35-45-38(41)31-29-27-25-23-17-15-13-11-9-7-2/h8,10,14,16,19-20,22,24,28,30,37H,6-7,9,11-13,15,17-18,21,23,25-27,29,31-36H2,1-5H3/p+1/b10-8-,16-14-,20-19-,24-22-,30-28-. The number of phosphoric ester groups is 1. The van der Waals surface area contributed by atoms with Gasteiger partial charge in [0.15, 0.2) is 6.10 Å². The molecule has 282 valence electrons. The van der Waals surface area contributed by atoms with Gasteiger partial charge in [-0.05, 0) is 38.5 Å². The average Bonchev–Trinajstić information content (AvgIpc) is 3.04. The highest BCUT2D eigenvalue weighted by molar-refractivity contribution is 7.47. The van der Waals surface area contributed by atoms with Gasteiger partial charge in [0.25, 0.3) is 0 Å². The van der Waals surface area contributed by atoms with Gasteiger partial charge in [-0.2, -0.15) is 0 Å². The molecule has 1 N–H and O–H groups in total. The molecule has 0 rings (SSSR count). The zero-order chi connectivity index (χ0) is 36.5. The van der Waals surface area contributed by atoms with E-state index in [9.17, 15) is 19.0 Å². The Morgan fingerprint density at radius 3 is 1.65 bits per heavy atom. The predicted octanol–water partition coefficient (Wildman–Crippen LogP) is 9.73. The molecular weight excluding hydrogens is 641 g/mol. The normalized spacial score (nSPS) is 14.5. The van der Waals surface area contributed by atoms with Crippen LogP contribution in [0.25, 0.3) is 0 Å². The Hall–Kier alpha value is -2.29. The van der Waals surface area contributed by atoms with Crippen LogP contribution in [0.15, 0.2) is 60.8 Å². The third-order valence-electron chi connectivity index (χ3n) is 7.35. The fraction of sp³-hybridized carbons (Fsp3) is 0.692. The van der Waals surface area contributed by atoms with Gasteiger partial charge in [-0.15, -0.1) is 0 Å². The largest absolute Gasteiger partial charge is 0.472 e. The summed E-state index contributed by atoms with van der Waals surface area (Å²) < 4.78 is 33.9. The summed E-state index contributed by atoms with van der Waals surface area (Å²) in [7, 11) is 1.41. The number of nitrogens with zero attached hydrogens (tertiary/aromatic N) is 1. The molecule has 0 radical (unpaired) electrons. The van der Waals surface area contributed by atoms with Crippen molar-refractivity contribution in [1.82, 2.24) is 0 Å². The number of ether oxygens (including phenoxy) is 2. The SMILES string of the molecule is CC/C=C\C/C=C\C/C=C\C/C=C\C/C=C\CC(=O)OC(COC(=O)CCCCCCCCCCCC)COP(=O)(O)OCC[N+](C)(C)C. The Labute approximate surface area is 298 Å². The van der Waals surface area contributed by atoms with E-state index in [2.05, 4.69) is 56.4 Å². The first kappa shape index (κ1) is 46.7. The molecule has 9 nitrogen and oxygen atoms in total. The molecule has 0 aliphatic carbocycles. The molecule has 0 aromatic carbocycles. The second-order valence-corrected chi connectivity index (χ2v) is 14.7. The maximum Gasteiger partial charge on any atom is 0.472 e. The Bertz CT molecular complexity index is 1030. The third kappa shape index (κ3) is 35.3. The molecule has 0 amide bonds. The number of allylic oxidation sites excluding steroid dienone is 9. The highest BCUT2D eigenvalue weighted by Crippen LogP contribution is 2.43. The van der Waals surface area contributed by atoms with E-state index in [1.54, 1.807) is 6.08 Å². The Morgan fingerprint density at radius 1 is 0.653 bits per heavy atom. The molecule has 10 heteroatoms. The molecule has 0 aliphatic rings.